The Labute approximate surface area is 193 Å². The van der Waals surface area contributed by atoms with Gasteiger partial charge in [0.15, 0.2) is 13.2 Å². The van der Waals surface area contributed by atoms with Crippen LogP contribution in [0.15, 0.2) is 60.0 Å². The SMILES string of the molecule is CCOC(=O)c1c(-c2ccccc2)csc1NC(=O)COC(=O)COc1ccc(Cl)cc1. The second-order valence-electron chi connectivity index (χ2n) is 6.39. The van der Waals surface area contributed by atoms with E-state index in [1.165, 1.54) is 11.3 Å². The van der Waals surface area contributed by atoms with E-state index < -0.39 is 24.5 Å². The van der Waals surface area contributed by atoms with Crippen molar-refractivity contribution in [2.75, 3.05) is 25.1 Å². The van der Waals surface area contributed by atoms with Gasteiger partial charge in [0.05, 0.1) is 6.61 Å². The van der Waals surface area contributed by atoms with Crippen molar-refractivity contribution < 1.29 is 28.6 Å². The van der Waals surface area contributed by atoms with Gasteiger partial charge in [-0.2, -0.15) is 0 Å². The summed E-state index contributed by atoms with van der Waals surface area (Å²) in [5.41, 5.74) is 1.73. The first-order chi connectivity index (χ1) is 15.5. The van der Waals surface area contributed by atoms with Gasteiger partial charge in [-0.25, -0.2) is 9.59 Å². The number of anilines is 1. The van der Waals surface area contributed by atoms with Crippen LogP contribution < -0.4 is 10.1 Å². The summed E-state index contributed by atoms with van der Waals surface area (Å²) in [5, 5.41) is 5.25. The summed E-state index contributed by atoms with van der Waals surface area (Å²) in [6.07, 6.45) is 0. The lowest BCUT2D eigenvalue weighted by Gasteiger charge is -2.09. The number of hydrogen-bond acceptors (Lipinski definition) is 7. The number of halogens is 1. The van der Waals surface area contributed by atoms with Gasteiger partial charge in [-0.05, 0) is 36.8 Å². The maximum absolute atomic E-state index is 12.5. The molecule has 0 saturated carbocycles. The number of esters is 2. The van der Waals surface area contributed by atoms with E-state index in [1.54, 1.807) is 36.6 Å². The van der Waals surface area contributed by atoms with Crippen molar-refractivity contribution >= 4 is 45.8 Å². The number of ether oxygens (including phenoxy) is 3. The predicted molar refractivity (Wildman–Crippen MR) is 122 cm³/mol. The lowest BCUT2D eigenvalue weighted by Crippen LogP contribution is -2.24. The van der Waals surface area contributed by atoms with Crippen LogP contribution >= 0.6 is 22.9 Å². The van der Waals surface area contributed by atoms with Crippen molar-refractivity contribution in [3.63, 3.8) is 0 Å². The summed E-state index contributed by atoms with van der Waals surface area (Å²) in [6, 6.07) is 15.8. The van der Waals surface area contributed by atoms with Crippen LogP contribution in [-0.2, 0) is 19.1 Å². The smallest absolute Gasteiger partial charge is 0.344 e. The molecule has 0 aliphatic rings. The summed E-state index contributed by atoms with van der Waals surface area (Å²) < 4.78 is 15.4. The number of thiophene rings is 1. The zero-order valence-electron chi connectivity index (χ0n) is 17.1. The van der Waals surface area contributed by atoms with Gasteiger partial charge in [-0.3, -0.25) is 4.79 Å². The van der Waals surface area contributed by atoms with Crippen LogP contribution in [0.5, 0.6) is 5.75 Å². The summed E-state index contributed by atoms with van der Waals surface area (Å²) in [6.45, 7) is 1.02. The van der Waals surface area contributed by atoms with E-state index in [9.17, 15) is 14.4 Å². The van der Waals surface area contributed by atoms with E-state index in [-0.39, 0.29) is 18.8 Å². The van der Waals surface area contributed by atoms with Gasteiger partial charge in [0.1, 0.15) is 16.3 Å². The molecule has 0 saturated heterocycles. The molecular weight excluding hydrogens is 454 g/mol. The molecule has 0 fully saturated rings. The zero-order valence-corrected chi connectivity index (χ0v) is 18.7. The van der Waals surface area contributed by atoms with Gasteiger partial charge in [0.2, 0.25) is 0 Å². The van der Waals surface area contributed by atoms with Gasteiger partial charge < -0.3 is 19.5 Å². The molecule has 1 aromatic heterocycles. The molecule has 166 valence electrons. The van der Waals surface area contributed by atoms with E-state index in [0.29, 0.717) is 21.3 Å². The van der Waals surface area contributed by atoms with Gasteiger partial charge in [-0.1, -0.05) is 41.9 Å². The topological polar surface area (TPSA) is 90.9 Å². The van der Waals surface area contributed by atoms with Crippen LogP contribution in [0.2, 0.25) is 5.02 Å². The second-order valence-corrected chi connectivity index (χ2v) is 7.71. The Balaban J connectivity index is 1.60. The number of benzene rings is 2. The molecule has 1 N–H and O–H groups in total. The second kappa shape index (κ2) is 11.3. The minimum absolute atomic E-state index is 0.196. The van der Waals surface area contributed by atoms with Crippen molar-refractivity contribution in [2.45, 2.75) is 6.92 Å². The molecule has 0 radical (unpaired) electrons. The van der Waals surface area contributed by atoms with E-state index in [4.69, 9.17) is 25.8 Å². The van der Waals surface area contributed by atoms with Crippen LogP contribution in [0.4, 0.5) is 5.00 Å². The number of rotatable bonds is 9. The highest BCUT2D eigenvalue weighted by Crippen LogP contribution is 2.36. The molecule has 2 aromatic carbocycles. The fourth-order valence-corrected chi connectivity index (χ4v) is 3.81. The van der Waals surface area contributed by atoms with Crippen molar-refractivity contribution in [2.24, 2.45) is 0 Å². The number of carbonyl (C=O) groups is 3. The molecule has 0 aliphatic heterocycles. The normalized spacial score (nSPS) is 10.3. The number of hydrogen-bond donors (Lipinski definition) is 1. The predicted octanol–water partition coefficient (Wildman–Crippen LogP) is 4.81. The Hall–Kier alpha value is -3.36. The van der Waals surface area contributed by atoms with E-state index in [1.807, 2.05) is 30.3 Å². The van der Waals surface area contributed by atoms with Crippen molar-refractivity contribution in [1.82, 2.24) is 0 Å². The Morgan fingerprint density at radius 3 is 2.38 bits per heavy atom. The first-order valence-corrected chi connectivity index (χ1v) is 10.9. The molecule has 0 aliphatic carbocycles. The van der Waals surface area contributed by atoms with Crippen LogP contribution in [0.1, 0.15) is 17.3 Å². The highest BCUT2D eigenvalue weighted by molar-refractivity contribution is 7.15. The summed E-state index contributed by atoms with van der Waals surface area (Å²) >= 11 is 6.98. The van der Waals surface area contributed by atoms with Crippen LogP contribution in [-0.4, -0.2) is 37.7 Å². The zero-order chi connectivity index (χ0) is 22.9. The van der Waals surface area contributed by atoms with Crippen molar-refractivity contribution in [1.29, 1.82) is 0 Å². The fraction of sp³-hybridized carbons (Fsp3) is 0.174. The number of amides is 1. The molecule has 32 heavy (non-hydrogen) atoms. The summed E-state index contributed by atoms with van der Waals surface area (Å²) in [7, 11) is 0. The summed E-state index contributed by atoms with van der Waals surface area (Å²) in [4.78, 5) is 36.7. The minimum atomic E-state index is -0.711. The average Bonchev–Trinajstić information content (AvgIpc) is 3.21. The van der Waals surface area contributed by atoms with Gasteiger partial charge in [0, 0.05) is 16.0 Å². The highest BCUT2D eigenvalue weighted by Gasteiger charge is 2.23. The van der Waals surface area contributed by atoms with Crippen molar-refractivity contribution in [3.05, 3.63) is 70.6 Å². The quantitative estimate of drug-likeness (QED) is 0.448. The van der Waals surface area contributed by atoms with Crippen LogP contribution in [0, 0.1) is 0 Å². The average molecular weight is 474 g/mol. The molecule has 7 nitrogen and oxygen atoms in total. The van der Waals surface area contributed by atoms with E-state index in [2.05, 4.69) is 5.32 Å². The Morgan fingerprint density at radius 1 is 0.969 bits per heavy atom. The number of carbonyl (C=O) groups excluding carboxylic acids is 3. The molecule has 1 amide bonds. The monoisotopic (exact) mass is 473 g/mol. The molecule has 3 rings (SSSR count). The van der Waals surface area contributed by atoms with Gasteiger partial charge >= 0.3 is 11.9 Å². The van der Waals surface area contributed by atoms with Crippen LogP contribution in [0.25, 0.3) is 11.1 Å². The molecule has 0 spiro atoms. The Kier molecular flexibility index (Phi) is 8.24. The Bertz CT molecular complexity index is 1080. The standard InChI is InChI=1S/C23H20ClNO6S/c1-2-29-23(28)21-18(15-6-4-3-5-7-15)14-32-22(21)25-19(26)12-31-20(27)13-30-17-10-8-16(24)9-11-17/h3-11,14H,2,12-13H2,1H3,(H,25,26). The third kappa shape index (κ3) is 6.32. The van der Waals surface area contributed by atoms with Gasteiger partial charge in [-0.15, -0.1) is 11.3 Å². The maximum Gasteiger partial charge on any atom is 0.344 e. The number of nitrogens with one attached hydrogen (secondary N) is 1. The molecule has 0 atom stereocenters. The van der Waals surface area contributed by atoms with E-state index in [0.717, 1.165) is 5.56 Å². The molecule has 9 heteroatoms. The van der Waals surface area contributed by atoms with Crippen molar-refractivity contribution in [3.8, 4) is 16.9 Å². The minimum Gasteiger partial charge on any atom is -0.482 e. The molecule has 0 unspecified atom stereocenters. The maximum atomic E-state index is 12.5. The van der Waals surface area contributed by atoms with E-state index >= 15 is 0 Å². The summed E-state index contributed by atoms with van der Waals surface area (Å²) in [5.74, 6) is -1.40. The first-order valence-electron chi connectivity index (χ1n) is 9.65. The molecular formula is C23H20ClNO6S. The molecule has 0 bridgehead atoms. The fourth-order valence-electron chi connectivity index (χ4n) is 2.71. The third-order valence-electron chi connectivity index (χ3n) is 4.14. The largest absolute Gasteiger partial charge is 0.482 e. The molecule has 3 aromatic rings. The lowest BCUT2D eigenvalue weighted by atomic mass is 10.0. The highest BCUT2D eigenvalue weighted by atomic mass is 35.5. The first kappa shape index (κ1) is 23.3. The van der Waals surface area contributed by atoms with Crippen LogP contribution in [0.3, 0.4) is 0 Å². The van der Waals surface area contributed by atoms with Gasteiger partial charge in [0.25, 0.3) is 5.91 Å². The molecule has 1 heterocycles. The lowest BCUT2D eigenvalue weighted by molar-refractivity contribution is -0.149. The Morgan fingerprint density at radius 2 is 1.69 bits per heavy atom. The third-order valence-corrected chi connectivity index (χ3v) is 5.29.